The van der Waals surface area contributed by atoms with E-state index < -0.39 is 0 Å². The van der Waals surface area contributed by atoms with Crippen LogP contribution in [0, 0.1) is 0 Å². The minimum Gasteiger partial charge on any atom is -0.497 e. The molecule has 2 nitrogen and oxygen atoms in total. The Kier molecular flexibility index (Phi) is 2.66. The summed E-state index contributed by atoms with van der Waals surface area (Å²) in [6.07, 6.45) is 8.86. The molecule has 0 saturated heterocycles. The number of hydrogen-bond acceptors (Lipinski definition) is 2. The third kappa shape index (κ3) is 2.08. The first-order valence-corrected chi connectivity index (χ1v) is 3.43. The van der Waals surface area contributed by atoms with E-state index in [-0.39, 0.29) is 0 Å². The van der Waals surface area contributed by atoms with Gasteiger partial charge in [0.05, 0.1) is 7.11 Å². The Balaban J connectivity index is 2.80. The van der Waals surface area contributed by atoms with Crippen LogP contribution in [0.3, 0.4) is 0 Å². The van der Waals surface area contributed by atoms with E-state index in [0.717, 1.165) is 17.6 Å². The molecule has 0 heterocycles. The molecule has 0 aromatic heterocycles. The Morgan fingerprint density at radius 1 is 1.55 bits per heavy atom. The van der Waals surface area contributed by atoms with Crippen molar-refractivity contribution in [2.75, 3.05) is 7.11 Å². The summed E-state index contributed by atoms with van der Waals surface area (Å²) in [5, 5.41) is 0. The molecule has 0 bridgehead atoms. The molecule has 0 amide bonds. The fourth-order valence-electron chi connectivity index (χ4n) is 0.847. The highest BCUT2D eigenvalue weighted by molar-refractivity contribution is 5.74. The third-order valence-corrected chi connectivity index (χ3v) is 1.48. The number of ether oxygens (including phenoxy) is 1. The lowest BCUT2D eigenvalue weighted by atomic mass is 10.2. The Morgan fingerprint density at radius 3 is 3.00 bits per heavy atom. The zero-order chi connectivity index (χ0) is 8.10. The number of hydrogen-bond donors (Lipinski definition) is 0. The van der Waals surface area contributed by atoms with Crippen LogP contribution in [0.1, 0.15) is 6.42 Å². The summed E-state index contributed by atoms with van der Waals surface area (Å²) in [5.41, 5.74) is 0.772. The second-order valence-electron chi connectivity index (χ2n) is 2.24. The molecule has 0 fully saturated rings. The van der Waals surface area contributed by atoms with Crippen molar-refractivity contribution in [1.82, 2.24) is 0 Å². The van der Waals surface area contributed by atoms with Crippen LogP contribution in [0.4, 0.5) is 0 Å². The monoisotopic (exact) mass is 150 g/mol. The molecule has 0 N–H and O–H groups in total. The van der Waals surface area contributed by atoms with Crippen molar-refractivity contribution < 1.29 is 9.53 Å². The molecule has 58 valence electrons. The number of rotatable bonds is 2. The second-order valence-corrected chi connectivity index (χ2v) is 2.24. The van der Waals surface area contributed by atoms with Gasteiger partial charge in [0.2, 0.25) is 0 Å². The van der Waals surface area contributed by atoms with Crippen LogP contribution in [0.5, 0.6) is 0 Å². The Labute approximate surface area is 65.9 Å². The van der Waals surface area contributed by atoms with Gasteiger partial charge in [0.15, 0.2) is 0 Å². The average molecular weight is 150 g/mol. The molecule has 11 heavy (non-hydrogen) atoms. The summed E-state index contributed by atoms with van der Waals surface area (Å²) in [7, 11) is 1.61. The smallest absolute Gasteiger partial charge is 0.146 e. The van der Waals surface area contributed by atoms with Crippen LogP contribution in [-0.2, 0) is 9.53 Å². The minimum atomic E-state index is 0.687. The number of carbonyl (C=O) groups excluding carboxylic acids is 1. The summed E-state index contributed by atoms with van der Waals surface area (Å²) < 4.78 is 4.98. The van der Waals surface area contributed by atoms with E-state index >= 15 is 0 Å². The van der Waals surface area contributed by atoms with Crippen molar-refractivity contribution in [3.63, 3.8) is 0 Å². The summed E-state index contributed by atoms with van der Waals surface area (Å²) in [6, 6.07) is 0. The van der Waals surface area contributed by atoms with Crippen LogP contribution in [0.2, 0.25) is 0 Å². The number of aldehydes is 1. The second kappa shape index (κ2) is 3.76. The Hall–Kier alpha value is -1.31. The molecule has 1 aliphatic rings. The fraction of sp³-hybridized carbons (Fsp3) is 0.222. The van der Waals surface area contributed by atoms with Crippen LogP contribution in [0.15, 0.2) is 35.6 Å². The quantitative estimate of drug-likeness (QED) is 0.559. The van der Waals surface area contributed by atoms with E-state index in [0.29, 0.717) is 6.42 Å². The van der Waals surface area contributed by atoms with Gasteiger partial charge >= 0.3 is 0 Å². The predicted octanol–water partition coefficient (Wildman–Crippen LogP) is 1.60. The molecule has 0 saturated carbocycles. The largest absolute Gasteiger partial charge is 0.497 e. The maximum atomic E-state index is 10.3. The normalized spacial score (nSPS) is 16.5. The van der Waals surface area contributed by atoms with Crippen molar-refractivity contribution in [2.24, 2.45) is 0 Å². The number of methoxy groups -OCH3 is 1. The zero-order valence-electron chi connectivity index (χ0n) is 6.41. The molecular weight excluding hydrogens is 140 g/mol. The standard InChI is InChI=1S/C9H10O2/c1-11-9-4-2-3-8(7-10)5-6-9/h2,4-7H,3H2,1H3. The summed E-state index contributed by atoms with van der Waals surface area (Å²) in [5.74, 6) is 0.779. The van der Waals surface area contributed by atoms with Crippen LogP contribution in [-0.4, -0.2) is 13.4 Å². The maximum absolute atomic E-state index is 10.3. The van der Waals surface area contributed by atoms with E-state index in [9.17, 15) is 4.79 Å². The van der Waals surface area contributed by atoms with E-state index in [1.807, 2.05) is 12.2 Å². The molecule has 0 radical (unpaired) electrons. The average Bonchev–Trinajstić information content (AvgIpc) is 2.28. The minimum absolute atomic E-state index is 0.687. The van der Waals surface area contributed by atoms with Crippen LogP contribution < -0.4 is 0 Å². The van der Waals surface area contributed by atoms with Gasteiger partial charge in [-0.05, 0) is 24.1 Å². The molecule has 1 rings (SSSR count). The molecule has 0 aromatic rings. The van der Waals surface area contributed by atoms with Gasteiger partial charge < -0.3 is 4.74 Å². The molecule has 2 heteroatoms. The van der Waals surface area contributed by atoms with Crippen LogP contribution in [0.25, 0.3) is 0 Å². The Morgan fingerprint density at radius 2 is 2.36 bits per heavy atom. The maximum Gasteiger partial charge on any atom is 0.146 e. The molecular formula is C9H10O2. The first-order chi connectivity index (χ1) is 5.36. The lowest BCUT2D eigenvalue weighted by Crippen LogP contribution is -1.78. The van der Waals surface area contributed by atoms with Crippen molar-refractivity contribution in [3.05, 3.63) is 35.6 Å². The third-order valence-electron chi connectivity index (χ3n) is 1.48. The molecule has 0 unspecified atom stereocenters. The molecule has 0 atom stereocenters. The predicted molar refractivity (Wildman–Crippen MR) is 43.0 cm³/mol. The van der Waals surface area contributed by atoms with Gasteiger partial charge in [0, 0.05) is 0 Å². The number of allylic oxidation sites excluding steroid dienone is 5. The SMILES string of the molecule is COC1=CC=C(C=O)CC=C1. The van der Waals surface area contributed by atoms with Gasteiger partial charge in [0.25, 0.3) is 0 Å². The lowest BCUT2D eigenvalue weighted by Gasteiger charge is -1.94. The van der Waals surface area contributed by atoms with Gasteiger partial charge in [-0.2, -0.15) is 0 Å². The summed E-state index contributed by atoms with van der Waals surface area (Å²) in [6.45, 7) is 0. The first kappa shape index (κ1) is 7.79. The van der Waals surface area contributed by atoms with E-state index in [1.54, 1.807) is 19.3 Å². The topological polar surface area (TPSA) is 26.3 Å². The summed E-state index contributed by atoms with van der Waals surface area (Å²) >= 11 is 0. The van der Waals surface area contributed by atoms with Crippen molar-refractivity contribution in [2.45, 2.75) is 6.42 Å². The Bertz CT molecular complexity index is 234. The van der Waals surface area contributed by atoms with E-state index in [1.165, 1.54) is 0 Å². The lowest BCUT2D eigenvalue weighted by molar-refractivity contribution is -0.104. The summed E-state index contributed by atoms with van der Waals surface area (Å²) in [4.78, 5) is 10.3. The van der Waals surface area contributed by atoms with Gasteiger partial charge in [0.1, 0.15) is 12.0 Å². The van der Waals surface area contributed by atoms with Gasteiger partial charge in [-0.1, -0.05) is 12.2 Å². The van der Waals surface area contributed by atoms with E-state index in [2.05, 4.69) is 0 Å². The van der Waals surface area contributed by atoms with E-state index in [4.69, 9.17) is 4.74 Å². The highest BCUT2D eigenvalue weighted by Crippen LogP contribution is 2.09. The molecule has 1 aliphatic carbocycles. The van der Waals surface area contributed by atoms with Crippen molar-refractivity contribution in [3.8, 4) is 0 Å². The zero-order valence-corrected chi connectivity index (χ0v) is 6.41. The van der Waals surface area contributed by atoms with Crippen molar-refractivity contribution >= 4 is 6.29 Å². The number of carbonyl (C=O) groups is 1. The molecule has 0 aromatic carbocycles. The molecule has 0 aliphatic heterocycles. The van der Waals surface area contributed by atoms with Crippen LogP contribution >= 0.6 is 0 Å². The van der Waals surface area contributed by atoms with Gasteiger partial charge in [-0.15, -0.1) is 0 Å². The highest BCUT2D eigenvalue weighted by Gasteiger charge is 1.96. The molecule has 0 spiro atoms. The van der Waals surface area contributed by atoms with Crippen molar-refractivity contribution in [1.29, 1.82) is 0 Å². The first-order valence-electron chi connectivity index (χ1n) is 3.43. The van der Waals surface area contributed by atoms with Gasteiger partial charge in [-0.3, -0.25) is 4.79 Å². The highest BCUT2D eigenvalue weighted by atomic mass is 16.5. The fourth-order valence-corrected chi connectivity index (χ4v) is 0.847. The van der Waals surface area contributed by atoms with Gasteiger partial charge in [-0.25, -0.2) is 0 Å².